The first-order valence-electron chi connectivity index (χ1n) is 5.57. The van der Waals surface area contributed by atoms with Crippen molar-refractivity contribution in [2.75, 3.05) is 10.1 Å². The van der Waals surface area contributed by atoms with E-state index in [9.17, 15) is 0 Å². The normalized spacial score (nSPS) is 15.5. The van der Waals surface area contributed by atoms with Crippen LogP contribution in [0.3, 0.4) is 0 Å². The van der Waals surface area contributed by atoms with Crippen molar-refractivity contribution in [2.24, 2.45) is 5.92 Å². The molecule has 0 amide bonds. The van der Waals surface area contributed by atoms with Crippen LogP contribution in [0.2, 0.25) is 5.28 Å². The number of nitrogens with zero attached hydrogens (tertiary/aromatic N) is 3. The largest absolute Gasteiger partial charge is 0.298 e. The highest BCUT2D eigenvalue weighted by Crippen LogP contribution is 2.35. The number of hydrogen-bond donors (Lipinski definition) is 0. The predicted octanol–water partition coefficient (Wildman–Crippen LogP) is 3.40. The third-order valence-electron chi connectivity index (χ3n) is 2.45. The van der Waals surface area contributed by atoms with Gasteiger partial charge in [-0.25, -0.2) is 4.98 Å². The molecular weight excluding hydrogens is 242 g/mol. The van der Waals surface area contributed by atoms with Gasteiger partial charge >= 0.3 is 0 Å². The van der Waals surface area contributed by atoms with Crippen LogP contribution in [0.4, 0.5) is 5.82 Å². The summed E-state index contributed by atoms with van der Waals surface area (Å²) in [6.07, 6.45) is 4.46. The van der Waals surface area contributed by atoms with Crippen LogP contribution in [-0.4, -0.2) is 21.8 Å². The van der Waals surface area contributed by atoms with E-state index < -0.39 is 0 Å². The second-order valence-electron chi connectivity index (χ2n) is 4.34. The molecule has 0 saturated heterocycles. The van der Waals surface area contributed by atoms with Crippen molar-refractivity contribution >= 4 is 29.4 Å². The van der Waals surface area contributed by atoms with Gasteiger partial charge in [0, 0.05) is 24.1 Å². The van der Waals surface area contributed by atoms with Gasteiger partial charge in [0.05, 0.1) is 0 Å². The minimum Gasteiger partial charge on any atom is -0.298 e. The number of halogens is 1. The topological polar surface area (TPSA) is 29.0 Å². The first-order chi connectivity index (χ1) is 7.66. The Morgan fingerprint density at radius 3 is 2.88 bits per heavy atom. The molecule has 1 aromatic rings. The fourth-order valence-corrected chi connectivity index (χ4v) is 2.78. The van der Waals surface area contributed by atoms with Gasteiger partial charge in [0.15, 0.2) is 0 Å². The van der Waals surface area contributed by atoms with Crippen LogP contribution in [0.1, 0.15) is 26.7 Å². The van der Waals surface area contributed by atoms with Gasteiger partial charge in [-0.1, -0.05) is 0 Å². The van der Waals surface area contributed by atoms with E-state index in [1.165, 1.54) is 18.6 Å². The van der Waals surface area contributed by atoms with Crippen LogP contribution in [0.25, 0.3) is 0 Å². The van der Waals surface area contributed by atoms with E-state index in [0.29, 0.717) is 11.3 Å². The first kappa shape index (κ1) is 12.0. The average Bonchev–Trinajstić information content (AvgIpc) is 3.01. The van der Waals surface area contributed by atoms with Gasteiger partial charge < -0.3 is 0 Å². The van der Waals surface area contributed by atoms with Gasteiger partial charge in [-0.2, -0.15) is 4.98 Å². The van der Waals surface area contributed by atoms with E-state index in [1.54, 1.807) is 6.20 Å². The van der Waals surface area contributed by atoms with E-state index in [0.717, 1.165) is 11.7 Å². The Balaban J connectivity index is 2.04. The Morgan fingerprint density at radius 1 is 1.56 bits per heavy atom. The summed E-state index contributed by atoms with van der Waals surface area (Å²) >= 11 is 7.66. The summed E-state index contributed by atoms with van der Waals surface area (Å²) in [5.41, 5.74) is 0. The molecule has 5 heteroatoms. The van der Waals surface area contributed by atoms with Crippen LogP contribution in [0, 0.1) is 5.92 Å². The molecule has 1 aromatic heterocycles. The van der Waals surface area contributed by atoms with Crippen LogP contribution in [0.15, 0.2) is 12.3 Å². The molecule has 0 N–H and O–H groups in total. The average molecular weight is 258 g/mol. The summed E-state index contributed by atoms with van der Waals surface area (Å²) in [7, 11) is 0. The summed E-state index contributed by atoms with van der Waals surface area (Å²) in [4.78, 5) is 8.16. The summed E-state index contributed by atoms with van der Waals surface area (Å²) in [5.74, 6) is 2.99. The molecule has 88 valence electrons. The zero-order chi connectivity index (χ0) is 11.5. The van der Waals surface area contributed by atoms with Crippen molar-refractivity contribution in [1.82, 2.24) is 9.97 Å². The van der Waals surface area contributed by atoms with Gasteiger partial charge in [-0.05, 0) is 56.2 Å². The molecular formula is C11H16ClN3S. The SMILES string of the molecule is CC(C)N(SCC1CC1)c1ccnc(Cl)n1. The van der Waals surface area contributed by atoms with E-state index in [1.807, 2.05) is 18.0 Å². The third-order valence-corrected chi connectivity index (χ3v) is 4.14. The molecule has 0 radical (unpaired) electrons. The smallest absolute Gasteiger partial charge is 0.224 e. The lowest BCUT2D eigenvalue weighted by atomic mass is 10.4. The van der Waals surface area contributed by atoms with Crippen molar-refractivity contribution in [3.8, 4) is 0 Å². The minimum absolute atomic E-state index is 0.315. The Bertz CT molecular complexity index is 355. The lowest BCUT2D eigenvalue weighted by molar-refractivity contribution is 0.819. The third kappa shape index (κ3) is 3.25. The molecule has 0 spiro atoms. The van der Waals surface area contributed by atoms with Crippen molar-refractivity contribution in [1.29, 1.82) is 0 Å². The number of anilines is 1. The Morgan fingerprint density at radius 2 is 2.31 bits per heavy atom. The van der Waals surface area contributed by atoms with E-state index in [2.05, 4.69) is 28.1 Å². The number of rotatable bonds is 5. The fourth-order valence-electron chi connectivity index (χ4n) is 1.40. The maximum atomic E-state index is 5.81. The molecule has 0 aliphatic heterocycles. The maximum absolute atomic E-state index is 5.81. The van der Waals surface area contributed by atoms with E-state index in [4.69, 9.17) is 11.6 Å². The number of hydrogen-bond acceptors (Lipinski definition) is 4. The highest BCUT2D eigenvalue weighted by molar-refractivity contribution is 8.00. The molecule has 2 rings (SSSR count). The predicted molar refractivity (Wildman–Crippen MR) is 69.8 cm³/mol. The van der Waals surface area contributed by atoms with Crippen LogP contribution >= 0.6 is 23.5 Å². The fraction of sp³-hybridized carbons (Fsp3) is 0.636. The highest BCUT2D eigenvalue weighted by Gasteiger charge is 2.24. The van der Waals surface area contributed by atoms with E-state index >= 15 is 0 Å². The van der Waals surface area contributed by atoms with Crippen LogP contribution in [0.5, 0.6) is 0 Å². The standard InChI is InChI=1S/C11H16ClN3S/c1-8(2)15(16-7-9-3-4-9)10-5-6-13-11(12)14-10/h5-6,8-9H,3-4,7H2,1-2H3. The molecule has 0 aromatic carbocycles. The summed E-state index contributed by atoms with van der Waals surface area (Å²) in [6.45, 7) is 4.33. The number of aromatic nitrogens is 2. The first-order valence-corrected chi connectivity index (χ1v) is 6.89. The molecule has 1 saturated carbocycles. The molecule has 0 bridgehead atoms. The second-order valence-corrected chi connectivity index (χ2v) is 5.67. The minimum atomic E-state index is 0.315. The molecule has 3 nitrogen and oxygen atoms in total. The molecule has 1 aliphatic carbocycles. The summed E-state index contributed by atoms with van der Waals surface area (Å²) in [6, 6.07) is 2.32. The zero-order valence-corrected chi connectivity index (χ0v) is 11.1. The molecule has 0 atom stereocenters. The van der Waals surface area contributed by atoms with Crippen molar-refractivity contribution in [3.63, 3.8) is 0 Å². The van der Waals surface area contributed by atoms with E-state index in [-0.39, 0.29) is 0 Å². The molecule has 16 heavy (non-hydrogen) atoms. The molecule has 1 heterocycles. The highest BCUT2D eigenvalue weighted by atomic mass is 35.5. The van der Waals surface area contributed by atoms with Crippen molar-refractivity contribution < 1.29 is 0 Å². The van der Waals surface area contributed by atoms with Gasteiger partial charge in [-0.3, -0.25) is 4.31 Å². The van der Waals surface area contributed by atoms with Crippen molar-refractivity contribution in [2.45, 2.75) is 32.7 Å². The lowest BCUT2D eigenvalue weighted by Gasteiger charge is -2.26. The summed E-state index contributed by atoms with van der Waals surface area (Å²) < 4.78 is 2.21. The lowest BCUT2D eigenvalue weighted by Crippen LogP contribution is -2.25. The Labute approximate surface area is 106 Å². The van der Waals surface area contributed by atoms with Crippen LogP contribution < -0.4 is 4.31 Å². The monoisotopic (exact) mass is 257 g/mol. The second kappa shape index (κ2) is 5.23. The van der Waals surface area contributed by atoms with Crippen molar-refractivity contribution in [3.05, 3.63) is 17.5 Å². The maximum Gasteiger partial charge on any atom is 0.224 e. The van der Waals surface area contributed by atoms with Gasteiger partial charge in [0.1, 0.15) is 5.82 Å². The van der Waals surface area contributed by atoms with Gasteiger partial charge in [0.2, 0.25) is 5.28 Å². The van der Waals surface area contributed by atoms with Gasteiger partial charge in [0.25, 0.3) is 0 Å². The Kier molecular flexibility index (Phi) is 3.92. The molecule has 1 fully saturated rings. The van der Waals surface area contributed by atoms with Crippen LogP contribution in [-0.2, 0) is 0 Å². The quantitative estimate of drug-likeness (QED) is 0.597. The molecule has 1 aliphatic rings. The molecule has 0 unspecified atom stereocenters. The van der Waals surface area contributed by atoms with Gasteiger partial charge in [-0.15, -0.1) is 0 Å². The zero-order valence-electron chi connectivity index (χ0n) is 9.56. The summed E-state index contributed by atoms with van der Waals surface area (Å²) in [5, 5.41) is 0.315. The Hall–Kier alpha value is -0.480.